The van der Waals surface area contributed by atoms with Crippen LogP contribution in [0.3, 0.4) is 0 Å². The normalized spacial score (nSPS) is 16.7. The first-order valence-corrected chi connectivity index (χ1v) is 8.18. The number of amides is 2. The van der Waals surface area contributed by atoms with Gasteiger partial charge < -0.3 is 15.4 Å². The SMILES string of the molecule is COc1cccc(NC(=O)N[C@@H]2CCCc3cn(CC(F)(F)F)nc32)c1. The van der Waals surface area contributed by atoms with Crippen molar-refractivity contribution in [2.45, 2.75) is 38.0 Å². The largest absolute Gasteiger partial charge is 0.497 e. The minimum Gasteiger partial charge on any atom is -0.497 e. The van der Waals surface area contributed by atoms with Gasteiger partial charge in [-0.1, -0.05) is 6.07 Å². The van der Waals surface area contributed by atoms with Crippen molar-refractivity contribution >= 4 is 11.7 Å². The molecular formula is C17H19F3N4O2. The maximum Gasteiger partial charge on any atom is 0.408 e. The van der Waals surface area contributed by atoms with Crippen LogP contribution in [-0.4, -0.2) is 29.1 Å². The van der Waals surface area contributed by atoms with Crippen molar-refractivity contribution in [1.82, 2.24) is 15.1 Å². The summed E-state index contributed by atoms with van der Waals surface area (Å²) in [6.45, 7) is -1.14. The van der Waals surface area contributed by atoms with Gasteiger partial charge in [0.05, 0.1) is 18.8 Å². The predicted octanol–water partition coefficient (Wildman–Crippen LogP) is 3.65. The molecule has 1 atom stereocenters. The van der Waals surface area contributed by atoms with Gasteiger partial charge in [-0.25, -0.2) is 4.79 Å². The number of hydrogen-bond acceptors (Lipinski definition) is 3. The van der Waals surface area contributed by atoms with Crippen molar-refractivity contribution in [3.8, 4) is 5.75 Å². The Morgan fingerprint density at radius 2 is 2.23 bits per heavy atom. The number of aryl methyl sites for hydroxylation is 1. The number of halogens is 3. The number of benzene rings is 1. The number of carbonyl (C=O) groups excluding carboxylic acids is 1. The summed E-state index contributed by atoms with van der Waals surface area (Å²) < 4.78 is 43.7. The molecule has 26 heavy (non-hydrogen) atoms. The van der Waals surface area contributed by atoms with Gasteiger partial charge in [-0.05, 0) is 37.0 Å². The molecule has 1 aromatic heterocycles. The molecule has 0 bridgehead atoms. The molecule has 3 rings (SSSR count). The zero-order valence-corrected chi connectivity index (χ0v) is 14.1. The zero-order valence-electron chi connectivity index (χ0n) is 14.1. The van der Waals surface area contributed by atoms with Crippen LogP contribution in [0, 0.1) is 0 Å². The van der Waals surface area contributed by atoms with Crippen molar-refractivity contribution in [1.29, 1.82) is 0 Å². The Kier molecular flexibility index (Phi) is 5.06. The van der Waals surface area contributed by atoms with E-state index in [1.807, 2.05) is 0 Å². The number of nitrogens with zero attached hydrogens (tertiary/aromatic N) is 2. The molecule has 0 aliphatic heterocycles. The van der Waals surface area contributed by atoms with Crippen LogP contribution in [0.1, 0.15) is 30.1 Å². The molecule has 1 heterocycles. The third kappa shape index (κ3) is 4.47. The van der Waals surface area contributed by atoms with Crippen LogP contribution in [0.15, 0.2) is 30.5 Å². The van der Waals surface area contributed by atoms with Gasteiger partial charge in [-0.2, -0.15) is 18.3 Å². The van der Waals surface area contributed by atoms with Crippen molar-refractivity contribution in [3.63, 3.8) is 0 Å². The molecule has 1 aliphatic rings. The first-order chi connectivity index (χ1) is 12.3. The fraction of sp³-hybridized carbons (Fsp3) is 0.412. The molecule has 9 heteroatoms. The maximum absolute atomic E-state index is 12.6. The molecule has 1 aromatic carbocycles. The molecule has 0 spiro atoms. The van der Waals surface area contributed by atoms with Crippen LogP contribution in [0.25, 0.3) is 0 Å². The van der Waals surface area contributed by atoms with E-state index in [1.165, 1.54) is 13.3 Å². The first-order valence-electron chi connectivity index (χ1n) is 8.18. The van der Waals surface area contributed by atoms with Crippen LogP contribution >= 0.6 is 0 Å². The Morgan fingerprint density at radius 1 is 1.42 bits per heavy atom. The van der Waals surface area contributed by atoms with E-state index >= 15 is 0 Å². The summed E-state index contributed by atoms with van der Waals surface area (Å²) in [4.78, 5) is 12.2. The smallest absolute Gasteiger partial charge is 0.408 e. The number of carbonyl (C=O) groups is 1. The lowest BCUT2D eigenvalue weighted by Gasteiger charge is -2.22. The molecule has 140 valence electrons. The van der Waals surface area contributed by atoms with Crippen LogP contribution in [0.4, 0.5) is 23.7 Å². The first kappa shape index (κ1) is 18.1. The number of hydrogen-bond donors (Lipinski definition) is 2. The van der Waals surface area contributed by atoms with Gasteiger partial charge in [0.1, 0.15) is 12.3 Å². The number of methoxy groups -OCH3 is 1. The van der Waals surface area contributed by atoms with E-state index in [9.17, 15) is 18.0 Å². The molecule has 0 saturated heterocycles. The summed E-state index contributed by atoms with van der Waals surface area (Å²) in [5, 5.41) is 9.52. The van der Waals surface area contributed by atoms with Gasteiger partial charge in [0.25, 0.3) is 0 Å². The summed E-state index contributed by atoms with van der Waals surface area (Å²) in [7, 11) is 1.53. The quantitative estimate of drug-likeness (QED) is 0.866. The van der Waals surface area contributed by atoms with E-state index in [1.54, 1.807) is 24.3 Å². The van der Waals surface area contributed by atoms with Crippen LogP contribution in [0.2, 0.25) is 0 Å². The number of aromatic nitrogens is 2. The van der Waals surface area contributed by atoms with Crippen LogP contribution < -0.4 is 15.4 Å². The molecule has 2 N–H and O–H groups in total. The van der Waals surface area contributed by atoms with E-state index in [0.717, 1.165) is 16.7 Å². The highest BCUT2D eigenvalue weighted by atomic mass is 19.4. The van der Waals surface area contributed by atoms with Crippen LogP contribution in [-0.2, 0) is 13.0 Å². The third-order valence-electron chi connectivity index (χ3n) is 4.11. The molecule has 1 aliphatic carbocycles. The van der Waals surface area contributed by atoms with Crippen molar-refractivity contribution in [2.24, 2.45) is 0 Å². The Labute approximate surface area is 148 Å². The van der Waals surface area contributed by atoms with E-state index in [2.05, 4.69) is 15.7 Å². The topological polar surface area (TPSA) is 68.2 Å². The molecule has 0 fully saturated rings. The highest BCUT2D eigenvalue weighted by molar-refractivity contribution is 5.89. The minimum absolute atomic E-state index is 0.418. The fourth-order valence-corrected chi connectivity index (χ4v) is 3.03. The average Bonchev–Trinajstić information content (AvgIpc) is 2.96. The standard InChI is InChI=1S/C17H19F3N4O2/c1-26-13-6-3-5-12(8-13)21-16(25)22-14-7-2-4-11-9-24(23-15(11)14)10-17(18,19)20/h3,5-6,8-9,14H,2,4,7,10H2,1H3,(H2,21,22,25)/t14-/m1/s1. The molecule has 2 aromatic rings. The second-order valence-corrected chi connectivity index (χ2v) is 6.13. The van der Waals surface area contributed by atoms with E-state index in [4.69, 9.17) is 4.74 Å². The predicted molar refractivity (Wildman–Crippen MR) is 89.1 cm³/mol. The molecule has 6 nitrogen and oxygen atoms in total. The van der Waals surface area contributed by atoms with Crippen molar-refractivity contribution in [3.05, 3.63) is 41.7 Å². The summed E-state index contributed by atoms with van der Waals surface area (Å²) in [6, 6.07) is 6.02. The summed E-state index contributed by atoms with van der Waals surface area (Å²) in [5.74, 6) is 0.605. The number of urea groups is 1. The lowest BCUT2D eigenvalue weighted by molar-refractivity contribution is -0.142. The van der Waals surface area contributed by atoms with Gasteiger partial charge in [-0.15, -0.1) is 0 Å². The second-order valence-electron chi connectivity index (χ2n) is 6.13. The number of rotatable bonds is 4. The molecule has 0 unspecified atom stereocenters. The van der Waals surface area contributed by atoms with Gasteiger partial charge in [0.15, 0.2) is 0 Å². The lowest BCUT2D eigenvalue weighted by Crippen LogP contribution is -2.34. The van der Waals surface area contributed by atoms with E-state index in [-0.39, 0.29) is 0 Å². The summed E-state index contributed by atoms with van der Waals surface area (Å²) in [6.07, 6.45) is -0.864. The molecule has 2 amide bonds. The minimum atomic E-state index is -4.33. The Hall–Kier alpha value is -2.71. The van der Waals surface area contributed by atoms with Gasteiger partial charge in [-0.3, -0.25) is 4.68 Å². The summed E-state index contributed by atoms with van der Waals surface area (Å²) in [5.41, 5.74) is 1.80. The van der Waals surface area contributed by atoms with Gasteiger partial charge >= 0.3 is 12.2 Å². The second kappa shape index (κ2) is 7.27. The average molecular weight is 368 g/mol. The Morgan fingerprint density at radius 3 is 2.96 bits per heavy atom. The highest BCUT2D eigenvalue weighted by Crippen LogP contribution is 2.29. The van der Waals surface area contributed by atoms with Crippen LogP contribution in [0.5, 0.6) is 5.75 Å². The Balaban J connectivity index is 1.68. The fourth-order valence-electron chi connectivity index (χ4n) is 3.03. The molecular weight excluding hydrogens is 349 g/mol. The van der Waals surface area contributed by atoms with Gasteiger partial charge in [0, 0.05) is 18.0 Å². The number of fused-ring (bicyclic) bond motifs is 1. The number of ether oxygens (including phenoxy) is 1. The highest BCUT2D eigenvalue weighted by Gasteiger charge is 2.31. The zero-order chi connectivity index (χ0) is 18.7. The molecule has 0 saturated carbocycles. The van der Waals surface area contributed by atoms with Crippen molar-refractivity contribution in [2.75, 3.05) is 12.4 Å². The maximum atomic E-state index is 12.6. The van der Waals surface area contributed by atoms with E-state index < -0.39 is 24.8 Å². The van der Waals surface area contributed by atoms with Gasteiger partial charge in [0.2, 0.25) is 0 Å². The summed E-state index contributed by atoms with van der Waals surface area (Å²) >= 11 is 0. The third-order valence-corrected chi connectivity index (χ3v) is 4.11. The Bertz CT molecular complexity index is 789. The lowest BCUT2D eigenvalue weighted by atomic mass is 9.94. The number of anilines is 1. The monoisotopic (exact) mass is 368 g/mol. The van der Waals surface area contributed by atoms with Crippen molar-refractivity contribution < 1.29 is 22.7 Å². The van der Waals surface area contributed by atoms with E-state index in [0.29, 0.717) is 30.0 Å². The number of nitrogens with one attached hydrogen (secondary N) is 2. The molecule has 0 radical (unpaired) electrons. The number of alkyl halides is 3.